The number of hydrogen-bond acceptors (Lipinski definition) is 5. The first-order valence-corrected chi connectivity index (χ1v) is 9.37. The van der Waals surface area contributed by atoms with E-state index in [1.54, 1.807) is 0 Å². The van der Waals surface area contributed by atoms with E-state index in [9.17, 15) is 4.79 Å². The molecule has 1 saturated heterocycles. The van der Waals surface area contributed by atoms with Crippen molar-refractivity contribution in [3.63, 3.8) is 0 Å². The average Bonchev–Trinajstić information content (AvgIpc) is 2.74. The van der Waals surface area contributed by atoms with Gasteiger partial charge in [0.25, 0.3) is 0 Å². The van der Waals surface area contributed by atoms with Crippen LogP contribution in [0.4, 0.5) is 11.6 Å². The normalized spacial score (nSPS) is 14.3. The molecule has 0 radical (unpaired) electrons. The van der Waals surface area contributed by atoms with Gasteiger partial charge in [0.2, 0.25) is 11.9 Å². The third kappa shape index (κ3) is 3.75. The highest BCUT2D eigenvalue weighted by Crippen LogP contribution is 2.30. The van der Waals surface area contributed by atoms with Gasteiger partial charge in [-0.05, 0) is 18.2 Å². The minimum Gasteiger partial charge on any atom is -0.338 e. The molecule has 0 saturated carbocycles. The largest absolute Gasteiger partial charge is 0.338 e. The molecule has 0 atom stereocenters. The third-order valence-corrected chi connectivity index (χ3v) is 4.74. The summed E-state index contributed by atoms with van der Waals surface area (Å²) in [6, 6.07) is 16.0. The van der Waals surface area contributed by atoms with Crippen molar-refractivity contribution < 1.29 is 4.79 Å². The summed E-state index contributed by atoms with van der Waals surface area (Å²) in [5, 5.41) is 7.23. The highest BCUT2D eigenvalue weighted by Gasteiger charge is 2.17. The van der Waals surface area contributed by atoms with Crippen molar-refractivity contribution in [3.05, 3.63) is 48.5 Å². The van der Waals surface area contributed by atoms with Gasteiger partial charge in [-0.1, -0.05) is 37.3 Å². The Bertz CT molecular complexity index is 951. The number of benzene rings is 2. The fraction of sp³-hybridized carbons (Fsp3) is 0.286. The second-order valence-electron chi connectivity index (χ2n) is 6.61. The highest BCUT2D eigenvalue weighted by molar-refractivity contribution is 5.98. The maximum atomic E-state index is 11.8. The zero-order valence-electron chi connectivity index (χ0n) is 15.4. The summed E-state index contributed by atoms with van der Waals surface area (Å²) < 4.78 is 0. The van der Waals surface area contributed by atoms with Crippen molar-refractivity contribution >= 4 is 28.4 Å². The Hall–Kier alpha value is -2.99. The first-order chi connectivity index (χ1) is 13.2. The number of piperazine rings is 1. The molecular weight excluding hydrogens is 338 g/mol. The molecule has 1 aliphatic heterocycles. The van der Waals surface area contributed by atoms with Crippen molar-refractivity contribution in [2.24, 2.45) is 0 Å². The van der Waals surface area contributed by atoms with E-state index in [1.807, 2.05) is 43.3 Å². The van der Waals surface area contributed by atoms with E-state index in [4.69, 9.17) is 9.97 Å². The molecule has 1 aromatic heterocycles. The van der Waals surface area contributed by atoms with Crippen molar-refractivity contribution in [1.82, 2.24) is 15.3 Å². The Morgan fingerprint density at radius 2 is 1.89 bits per heavy atom. The lowest BCUT2D eigenvalue weighted by molar-refractivity contribution is -0.115. The Morgan fingerprint density at radius 1 is 1.11 bits per heavy atom. The van der Waals surface area contributed by atoms with E-state index in [1.165, 1.54) is 0 Å². The highest BCUT2D eigenvalue weighted by atomic mass is 16.1. The second kappa shape index (κ2) is 7.72. The van der Waals surface area contributed by atoms with Gasteiger partial charge in [0.05, 0.1) is 11.2 Å². The number of amides is 1. The molecule has 1 aliphatic rings. The number of hydrogen-bond donors (Lipinski definition) is 2. The first kappa shape index (κ1) is 17.4. The molecule has 3 aromatic rings. The summed E-state index contributed by atoms with van der Waals surface area (Å²) in [7, 11) is 0. The van der Waals surface area contributed by atoms with Crippen LogP contribution in [0.3, 0.4) is 0 Å². The minimum absolute atomic E-state index is 0.00559. The fourth-order valence-electron chi connectivity index (χ4n) is 3.27. The van der Waals surface area contributed by atoms with Gasteiger partial charge in [-0.2, -0.15) is 0 Å². The SMILES string of the molecule is CCC(=O)Nc1ccc2nc(N3CCNCC3)nc(-c3ccccc3)c2c1. The van der Waals surface area contributed by atoms with Gasteiger partial charge in [-0.25, -0.2) is 9.97 Å². The van der Waals surface area contributed by atoms with Crippen LogP contribution in [0.15, 0.2) is 48.5 Å². The van der Waals surface area contributed by atoms with Crippen LogP contribution in [0.2, 0.25) is 0 Å². The smallest absolute Gasteiger partial charge is 0.226 e. The van der Waals surface area contributed by atoms with E-state index in [-0.39, 0.29) is 5.91 Å². The van der Waals surface area contributed by atoms with Gasteiger partial charge in [0.15, 0.2) is 0 Å². The molecule has 0 aliphatic carbocycles. The molecular formula is C21H23N5O. The molecule has 6 nitrogen and oxygen atoms in total. The lowest BCUT2D eigenvalue weighted by atomic mass is 10.1. The number of carbonyl (C=O) groups excluding carboxylic acids is 1. The Labute approximate surface area is 158 Å². The van der Waals surface area contributed by atoms with Gasteiger partial charge >= 0.3 is 0 Å². The summed E-state index contributed by atoms with van der Waals surface area (Å²) in [6.07, 6.45) is 0.446. The quantitative estimate of drug-likeness (QED) is 0.747. The molecule has 27 heavy (non-hydrogen) atoms. The van der Waals surface area contributed by atoms with Crippen LogP contribution >= 0.6 is 0 Å². The van der Waals surface area contributed by atoms with E-state index in [2.05, 4.69) is 27.7 Å². The number of aromatic nitrogens is 2. The molecule has 138 valence electrons. The van der Waals surface area contributed by atoms with E-state index < -0.39 is 0 Å². The van der Waals surface area contributed by atoms with Crippen LogP contribution in [0.1, 0.15) is 13.3 Å². The molecule has 4 rings (SSSR count). The van der Waals surface area contributed by atoms with Crippen LogP contribution in [0, 0.1) is 0 Å². The monoisotopic (exact) mass is 361 g/mol. The molecule has 1 amide bonds. The third-order valence-electron chi connectivity index (χ3n) is 4.74. The number of fused-ring (bicyclic) bond motifs is 1. The van der Waals surface area contributed by atoms with Crippen molar-refractivity contribution in [2.75, 3.05) is 36.4 Å². The standard InChI is InChI=1S/C21H23N5O/c1-2-19(27)23-16-8-9-18-17(14-16)20(15-6-4-3-5-7-15)25-21(24-18)26-12-10-22-11-13-26/h3-9,14,22H,2,10-13H2,1H3,(H,23,27). The van der Waals surface area contributed by atoms with Gasteiger partial charge in [0, 0.05) is 49.2 Å². The van der Waals surface area contributed by atoms with Crippen LogP contribution in [0.25, 0.3) is 22.2 Å². The zero-order valence-corrected chi connectivity index (χ0v) is 15.4. The number of carbonyl (C=O) groups is 1. The minimum atomic E-state index is -0.00559. The summed E-state index contributed by atoms with van der Waals surface area (Å²) in [6.45, 7) is 5.50. The van der Waals surface area contributed by atoms with Gasteiger partial charge in [-0.15, -0.1) is 0 Å². The number of nitrogens with one attached hydrogen (secondary N) is 2. The predicted molar refractivity (Wildman–Crippen MR) is 109 cm³/mol. The van der Waals surface area contributed by atoms with Crippen LogP contribution in [0.5, 0.6) is 0 Å². The molecule has 2 heterocycles. The summed E-state index contributed by atoms with van der Waals surface area (Å²) in [4.78, 5) is 23.7. The Kier molecular flexibility index (Phi) is 4.98. The molecule has 0 spiro atoms. The summed E-state index contributed by atoms with van der Waals surface area (Å²) >= 11 is 0. The molecule has 0 bridgehead atoms. The van der Waals surface area contributed by atoms with Crippen LogP contribution < -0.4 is 15.5 Å². The average molecular weight is 361 g/mol. The summed E-state index contributed by atoms with van der Waals surface area (Å²) in [5.74, 6) is 0.752. The van der Waals surface area contributed by atoms with E-state index in [0.29, 0.717) is 6.42 Å². The number of rotatable bonds is 4. The Balaban J connectivity index is 1.84. The maximum absolute atomic E-state index is 11.8. The maximum Gasteiger partial charge on any atom is 0.226 e. The van der Waals surface area contributed by atoms with Gasteiger partial charge < -0.3 is 15.5 Å². The fourth-order valence-corrected chi connectivity index (χ4v) is 3.27. The van der Waals surface area contributed by atoms with Gasteiger partial charge in [0.1, 0.15) is 0 Å². The molecule has 1 fully saturated rings. The second-order valence-corrected chi connectivity index (χ2v) is 6.61. The van der Waals surface area contributed by atoms with Crippen molar-refractivity contribution in [3.8, 4) is 11.3 Å². The van der Waals surface area contributed by atoms with Crippen molar-refractivity contribution in [2.45, 2.75) is 13.3 Å². The zero-order chi connectivity index (χ0) is 18.6. The van der Waals surface area contributed by atoms with E-state index in [0.717, 1.165) is 60.0 Å². The molecule has 6 heteroatoms. The molecule has 2 N–H and O–H groups in total. The predicted octanol–water partition coefficient (Wildman–Crippen LogP) is 3.05. The molecule has 0 unspecified atom stereocenters. The van der Waals surface area contributed by atoms with Gasteiger partial charge in [-0.3, -0.25) is 4.79 Å². The van der Waals surface area contributed by atoms with Crippen LogP contribution in [-0.4, -0.2) is 42.1 Å². The van der Waals surface area contributed by atoms with E-state index >= 15 is 0 Å². The number of anilines is 2. The van der Waals surface area contributed by atoms with Crippen LogP contribution in [-0.2, 0) is 4.79 Å². The lowest BCUT2D eigenvalue weighted by Gasteiger charge is -2.28. The first-order valence-electron chi connectivity index (χ1n) is 9.37. The van der Waals surface area contributed by atoms with Crippen molar-refractivity contribution in [1.29, 1.82) is 0 Å². The Morgan fingerprint density at radius 3 is 2.63 bits per heavy atom. The summed E-state index contributed by atoms with van der Waals surface area (Å²) in [5.41, 5.74) is 3.58. The number of nitrogens with zero attached hydrogens (tertiary/aromatic N) is 3. The molecule has 2 aromatic carbocycles. The lowest BCUT2D eigenvalue weighted by Crippen LogP contribution is -2.44. The topological polar surface area (TPSA) is 70.2 Å².